The normalized spacial score (nSPS) is 11.1. The molecule has 0 aliphatic carbocycles. The van der Waals surface area contributed by atoms with E-state index in [9.17, 15) is 0 Å². The predicted molar refractivity (Wildman–Crippen MR) is 96.2 cm³/mol. The molecule has 0 saturated heterocycles. The molecule has 0 aromatic heterocycles. The van der Waals surface area contributed by atoms with Crippen LogP contribution in [0.5, 0.6) is 11.5 Å². The summed E-state index contributed by atoms with van der Waals surface area (Å²) in [6.45, 7) is 2.03. The fourth-order valence-corrected chi connectivity index (χ4v) is 2.65. The minimum atomic E-state index is 0.482. The Bertz CT molecular complexity index is 745. The first kappa shape index (κ1) is 16.6. The van der Waals surface area contributed by atoms with Gasteiger partial charge in [0.05, 0.1) is 13.2 Å². The second-order valence-corrected chi connectivity index (χ2v) is 5.53. The zero-order valence-corrected chi connectivity index (χ0v) is 14.1. The van der Waals surface area contributed by atoms with Crippen molar-refractivity contribution in [3.05, 3.63) is 48.5 Å². The average Bonchev–Trinajstić information content (AvgIpc) is 2.60. The maximum Gasteiger partial charge on any atom is 0.161 e. The highest BCUT2D eigenvalue weighted by Gasteiger charge is 2.09. The maximum absolute atomic E-state index is 5.84. The van der Waals surface area contributed by atoms with Gasteiger partial charge in [0.1, 0.15) is 13.2 Å². The van der Waals surface area contributed by atoms with E-state index in [1.807, 2.05) is 24.3 Å². The van der Waals surface area contributed by atoms with Gasteiger partial charge in [0, 0.05) is 14.2 Å². The van der Waals surface area contributed by atoms with Crippen LogP contribution >= 0.6 is 0 Å². The summed E-state index contributed by atoms with van der Waals surface area (Å²) in [4.78, 5) is 0. The number of fused-ring (bicyclic) bond motifs is 2. The van der Waals surface area contributed by atoms with Crippen LogP contribution < -0.4 is 9.47 Å². The van der Waals surface area contributed by atoms with Crippen LogP contribution in [0, 0.1) is 0 Å². The van der Waals surface area contributed by atoms with Crippen LogP contribution in [0.2, 0.25) is 0 Å². The number of ether oxygens (including phenoxy) is 4. The zero-order valence-electron chi connectivity index (χ0n) is 14.1. The number of rotatable bonds is 8. The maximum atomic E-state index is 5.84. The van der Waals surface area contributed by atoms with Crippen molar-refractivity contribution >= 4 is 21.5 Å². The minimum Gasteiger partial charge on any atom is -0.487 e. The van der Waals surface area contributed by atoms with Crippen molar-refractivity contribution in [3.63, 3.8) is 0 Å². The largest absolute Gasteiger partial charge is 0.487 e. The SMILES string of the molecule is COCCOc1cc2cc3ccccc3cc2cc1OCCOC. The van der Waals surface area contributed by atoms with Gasteiger partial charge in [-0.3, -0.25) is 0 Å². The van der Waals surface area contributed by atoms with Gasteiger partial charge in [-0.05, 0) is 45.8 Å². The summed E-state index contributed by atoms with van der Waals surface area (Å²) in [5.41, 5.74) is 0. The van der Waals surface area contributed by atoms with E-state index in [2.05, 4.69) is 24.3 Å². The molecule has 0 radical (unpaired) electrons. The van der Waals surface area contributed by atoms with Crippen molar-refractivity contribution in [1.82, 2.24) is 0 Å². The summed E-state index contributed by atoms with van der Waals surface area (Å²) < 4.78 is 21.8. The minimum absolute atomic E-state index is 0.482. The first-order valence-corrected chi connectivity index (χ1v) is 8.02. The third-order valence-corrected chi connectivity index (χ3v) is 3.86. The van der Waals surface area contributed by atoms with E-state index in [-0.39, 0.29) is 0 Å². The van der Waals surface area contributed by atoms with Crippen molar-refractivity contribution in [2.75, 3.05) is 40.6 Å². The first-order valence-electron chi connectivity index (χ1n) is 8.02. The lowest BCUT2D eigenvalue weighted by molar-refractivity contribution is 0.132. The molecule has 0 bridgehead atoms. The van der Waals surface area contributed by atoms with Crippen LogP contribution in [0.25, 0.3) is 21.5 Å². The fourth-order valence-electron chi connectivity index (χ4n) is 2.65. The number of methoxy groups -OCH3 is 2. The number of benzene rings is 3. The summed E-state index contributed by atoms with van der Waals surface area (Å²) in [5, 5.41) is 4.67. The van der Waals surface area contributed by atoms with E-state index in [0.29, 0.717) is 26.4 Å². The van der Waals surface area contributed by atoms with Crippen molar-refractivity contribution < 1.29 is 18.9 Å². The zero-order chi connectivity index (χ0) is 16.8. The molecule has 0 atom stereocenters. The van der Waals surface area contributed by atoms with Crippen molar-refractivity contribution in [2.24, 2.45) is 0 Å². The Hall–Kier alpha value is -2.30. The molecule has 0 aliphatic heterocycles. The Morgan fingerprint density at radius 2 is 1.04 bits per heavy atom. The molecule has 3 rings (SSSR count). The molecule has 0 heterocycles. The van der Waals surface area contributed by atoms with Gasteiger partial charge in [0.2, 0.25) is 0 Å². The molecular weight excluding hydrogens is 304 g/mol. The highest BCUT2D eigenvalue weighted by molar-refractivity contribution is 5.99. The van der Waals surface area contributed by atoms with E-state index in [1.165, 1.54) is 10.8 Å². The standard InChI is InChI=1S/C20H22O4/c1-21-7-9-23-19-13-17-11-15-5-3-4-6-16(15)12-18(17)14-20(19)24-10-8-22-2/h3-6,11-14H,7-10H2,1-2H3. The Kier molecular flexibility index (Phi) is 5.51. The van der Waals surface area contributed by atoms with Crippen molar-refractivity contribution in [1.29, 1.82) is 0 Å². The molecule has 0 amide bonds. The molecule has 126 valence electrons. The molecule has 4 nitrogen and oxygen atoms in total. The van der Waals surface area contributed by atoms with E-state index in [1.54, 1.807) is 14.2 Å². The number of hydrogen-bond acceptors (Lipinski definition) is 4. The Morgan fingerprint density at radius 3 is 1.46 bits per heavy atom. The van der Waals surface area contributed by atoms with E-state index in [0.717, 1.165) is 22.3 Å². The summed E-state index contributed by atoms with van der Waals surface area (Å²) in [6.07, 6.45) is 0. The molecular formula is C20H22O4. The lowest BCUT2D eigenvalue weighted by Crippen LogP contribution is -2.08. The molecule has 0 saturated carbocycles. The highest BCUT2D eigenvalue weighted by Crippen LogP contribution is 2.34. The van der Waals surface area contributed by atoms with Gasteiger partial charge < -0.3 is 18.9 Å². The summed E-state index contributed by atoms with van der Waals surface area (Å²) >= 11 is 0. The van der Waals surface area contributed by atoms with Crippen LogP contribution in [0.15, 0.2) is 48.5 Å². The summed E-state index contributed by atoms with van der Waals surface area (Å²) in [6, 6.07) is 16.7. The van der Waals surface area contributed by atoms with Gasteiger partial charge in [-0.1, -0.05) is 24.3 Å². The predicted octanol–water partition coefficient (Wildman–Crippen LogP) is 4.04. The molecule has 0 spiro atoms. The smallest absolute Gasteiger partial charge is 0.161 e. The fraction of sp³-hybridized carbons (Fsp3) is 0.300. The molecule has 3 aromatic carbocycles. The molecule has 3 aromatic rings. The average molecular weight is 326 g/mol. The van der Waals surface area contributed by atoms with E-state index in [4.69, 9.17) is 18.9 Å². The van der Waals surface area contributed by atoms with Crippen LogP contribution in [-0.4, -0.2) is 40.6 Å². The summed E-state index contributed by atoms with van der Waals surface area (Å²) in [7, 11) is 3.32. The third-order valence-electron chi connectivity index (χ3n) is 3.86. The summed E-state index contributed by atoms with van der Waals surface area (Å²) in [5.74, 6) is 1.46. The molecule has 0 unspecified atom stereocenters. The van der Waals surface area contributed by atoms with Crippen LogP contribution in [0.1, 0.15) is 0 Å². The molecule has 24 heavy (non-hydrogen) atoms. The van der Waals surface area contributed by atoms with Gasteiger partial charge in [0.25, 0.3) is 0 Å². The monoisotopic (exact) mass is 326 g/mol. The van der Waals surface area contributed by atoms with Gasteiger partial charge in [0.15, 0.2) is 11.5 Å². The second kappa shape index (κ2) is 7.99. The van der Waals surface area contributed by atoms with Crippen LogP contribution in [-0.2, 0) is 9.47 Å². The number of hydrogen-bond donors (Lipinski definition) is 0. The third kappa shape index (κ3) is 3.78. The van der Waals surface area contributed by atoms with E-state index >= 15 is 0 Å². The Balaban J connectivity index is 1.99. The van der Waals surface area contributed by atoms with Crippen LogP contribution in [0.4, 0.5) is 0 Å². The lowest BCUT2D eigenvalue weighted by atomic mass is 10.0. The van der Waals surface area contributed by atoms with E-state index < -0.39 is 0 Å². The second-order valence-electron chi connectivity index (χ2n) is 5.53. The lowest BCUT2D eigenvalue weighted by Gasteiger charge is -2.14. The topological polar surface area (TPSA) is 36.9 Å². The Labute approximate surface area is 141 Å². The first-order chi connectivity index (χ1) is 11.8. The van der Waals surface area contributed by atoms with Crippen molar-refractivity contribution in [2.45, 2.75) is 0 Å². The van der Waals surface area contributed by atoms with Gasteiger partial charge in [-0.25, -0.2) is 0 Å². The molecule has 4 heteroatoms. The van der Waals surface area contributed by atoms with Gasteiger partial charge in [-0.2, -0.15) is 0 Å². The molecule has 0 N–H and O–H groups in total. The van der Waals surface area contributed by atoms with Crippen molar-refractivity contribution in [3.8, 4) is 11.5 Å². The quantitative estimate of drug-likeness (QED) is 0.462. The van der Waals surface area contributed by atoms with Gasteiger partial charge >= 0.3 is 0 Å². The highest BCUT2D eigenvalue weighted by atomic mass is 16.5. The molecule has 0 aliphatic rings. The van der Waals surface area contributed by atoms with Gasteiger partial charge in [-0.15, -0.1) is 0 Å². The Morgan fingerprint density at radius 1 is 0.583 bits per heavy atom. The molecule has 0 fully saturated rings. The van der Waals surface area contributed by atoms with Crippen LogP contribution in [0.3, 0.4) is 0 Å².